The first-order chi connectivity index (χ1) is 19.4. The highest BCUT2D eigenvalue weighted by molar-refractivity contribution is 7.89. The number of nitrogens with zero attached hydrogens (tertiary/aromatic N) is 3. The van der Waals surface area contributed by atoms with Crippen molar-refractivity contribution in [2.45, 2.75) is 44.7 Å². The van der Waals surface area contributed by atoms with Crippen LogP contribution >= 0.6 is 0 Å². The number of rotatable bonds is 8. The van der Waals surface area contributed by atoms with Gasteiger partial charge in [-0.25, -0.2) is 13.2 Å². The second kappa shape index (κ2) is 12.3. The number of anilines is 2. The smallest absolute Gasteiger partial charge is 0.323 e. The summed E-state index contributed by atoms with van der Waals surface area (Å²) in [7, 11) is -2.36. The number of sulfonamides is 1. The molecule has 3 atom stereocenters. The number of carbonyl (C=O) groups is 2. The highest BCUT2D eigenvalue weighted by Gasteiger charge is 2.36. The van der Waals surface area contributed by atoms with Crippen molar-refractivity contribution in [2.24, 2.45) is 5.92 Å². The molecule has 1 aliphatic rings. The molecule has 0 bridgehead atoms. The monoisotopic (exact) mass is 585 g/mol. The SMILES string of the molecule is Cc1noc(C)c1NC(=O)Nc1cccc2c1O[C@H](CN(C)S(=O)(=O)c1ccccc1)[C@H](C)CN([C@H](C)CO)C2=O. The molecule has 2 heterocycles. The number of fused-ring (bicyclic) bond motifs is 1. The van der Waals surface area contributed by atoms with Gasteiger partial charge in [-0.15, -0.1) is 0 Å². The fourth-order valence-corrected chi connectivity index (χ4v) is 5.82. The first-order valence-corrected chi connectivity index (χ1v) is 14.6. The molecular weight excluding hydrogens is 550 g/mol. The number of carbonyl (C=O) groups excluding carboxylic acids is 2. The molecule has 3 aromatic rings. The van der Waals surface area contributed by atoms with E-state index in [9.17, 15) is 23.1 Å². The third kappa shape index (κ3) is 6.37. The number of benzene rings is 2. The molecule has 1 aliphatic heterocycles. The van der Waals surface area contributed by atoms with Gasteiger partial charge in [-0.3, -0.25) is 4.79 Å². The molecule has 12 nitrogen and oxygen atoms in total. The van der Waals surface area contributed by atoms with Crippen LogP contribution in [0.2, 0.25) is 0 Å². The summed E-state index contributed by atoms with van der Waals surface area (Å²) in [5, 5.41) is 19.2. The van der Waals surface area contributed by atoms with Crippen LogP contribution in [0.15, 0.2) is 57.9 Å². The molecule has 0 unspecified atom stereocenters. The van der Waals surface area contributed by atoms with E-state index in [0.717, 1.165) is 0 Å². The number of nitrogens with one attached hydrogen (secondary N) is 2. The third-order valence-electron chi connectivity index (χ3n) is 7.10. The highest BCUT2D eigenvalue weighted by atomic mass is 32.2. The van der Waals surface area contributed by atoms with Gasteiger partial charge in [0.25, 0.3) is 5.91 Å². The lowest BCUT2D eigenvalue weighted by atomic mass is 9.99. The van der Waals surface area contributed by atoms with Crippen LogP contribution in [0.1, 0.15) is 35.7 Å². The van der Waals surface area contributed by atoms with Crippen molar-refractivity contribution >= 4 is 33.3 Å². The van der Waals surface area contributed by atoms with Gasteiger partial charge in [-0.05, 0) is 45.0 Å². The van der Waals surface area contributed by atoms with Crippen LogP contribution in [0.4, 0.5) is 16.2 Å². The fourth-order valence-electron chi connectivity index (χ4n) is 4.61. The first-order valence-electron chi connectivity index (χ1n) is 13.2. The average molecular weight is 586 g/mol. The van der Waals surface area contributed by atoms with Gasteiger partial charge >= 0.3 is 6.03 Å². The Bertz CT molecular complexity index is 1490. The highest BCUT2D eigenvalue weighted by Crippen LogP contribution is 2.35. The number of likely N-dealkylation sites (N-methyl/N-ethyl adjacent to an activating group) is 1. The van der Waals surface area contributed by atoms with Gasteiger partial charge in [0, 0.05) is 19.5 Å². The summed E-state index contributed by atoms with van der Waals surface area (Å²) in [5.41, 5.74) is 1.30. The van der Waals surface area contributed by atoms with E-state index in [1.54, 1.807) is 62.1 Å². The van der Waals surface area contributed by atoms with Gasteiger partial charge in [0.1, 0.15) is 17.5 Å². The lowest BCUT2D eigenvalue weighted by molar-refractivity contribution is 0.0389. The fraction of sp³-hybridized carbons (Fsp3) is 0.393. The molecule has 0 aliphatic carbocycles. The van der Waals surface area contributed by atoms with E-state index in [0.29, 0.717) is 17.1 Å². The van der Waals surface area contributed by atoms with Crippen molar-refractivity contribution in [1.82, 2.24) is 14.4 Å². The van der Waals surface area contributed by atoms with Crippen LogP contribution in [-0.2, 0) is 10.0 Å². The molecule has 4 rings (SSSR count). The molecule has 220 valence electrons. The van der Waals surface area contributed by atoms with Gasteiger partial charge in [0.2, 0.25) is 10.0 Å². The number of amides is 3. The number of hydrogen-bond donors (Lipinski definition) is 3. The largest absolute Gasteiger partial charge is 0.486 e. The van der Waals surface area contributed by atoms with Crippen LogP contribution in [-0.4, -0.2) is 78.7 Å². The van der Waals surface area contributed by atoms with Crippen LogP contribution in [0.25, 0.3) is 0 Å². The lowest BCUT2D eigenvalue weighted by Gasteiger charge is -2.38. The van der Waals surface area contributed by atoms with Crippen molar-refractivity contribution in [1.29, 1.82) is 0 Å². The van der Waals surface area contributed by atoms with Crippen molar-refractivity contribution in [3.63, 3.8) is 0 Å². The molecule has 41 heavy (non-hydrogen) atoms. The minimum atomic E-state index is -3.83. The standard InChI is InChI=1S/C28H35N5O7S/c1-17-14-33(18(2)16-34)27(35)22-12-9-13-23(29-28(36)30-25-19(3)31-40-20(25)4)26(22)39-24(17)15-32(5)41(37,38)21-10-7-6-8-11-21/h6-13,17-18,24,34H,14-16H2,1-5H3,(H2,29,30,36)/t17-,18-,24-/m1/s1. The molecule has 2 aromatic carbocycles. The van der Waals surface area contributed by atoms with Crippen molar-refractivity contribution in [2.75, 3.05) is 37.4 Å². The zero-order valence-electron chi connectivity index (χ0n) is 23.6. The molecule has 0 spiro atoms. The van der Waals surface area contributed by atoms with Crippen molar-refractivity contribution in [3.8, 4) is 5.75 Å². The summed E-state index contributed by atoms with van der Waals surface area (Å²) in [6, 6.07) is 11.7. The van der Waals surface area contributed by atoms with Gasteiger partial charge in [-0.2, -0.15) is 4.31 Å². The number of aliphatic hydroxyl groups excluding tert-OH is 1. The van der Waals surface area contributed by atoms with Gasteiger partial charge < -0.3 is 29.9 Å². The molecule has 0 saturated heterocycles. The van der Waals surface area contributed by atoms with Gasteiger partial charge in [0.05, 0.1) is 35.3 Å². The summed E-state index contributed by atoms with van der Waals surface area (Å²) < 4.78 is 39.3. The molecule has 1 aromatic heterocycles. The molecule has 3 N–H and O–H groups in total. The maximum Gasteiger partial charge on any atom is 0.323 e. The van der Waals surface area contributed by atoms with Crippen molar-refractivity contribution < 1.29 is 32.4 Å². The maximum absolute atomic E-state index is 13.7. The van der Waals surface area contributed by atoms with Crippen LogP contribution in [0.3, 0.4) is 0 Å². The Kier molecular flexibility index (Phi) is 9.00. The predicted octanol–water partition coefficient (Wildman–Crippen LogP) is 3.48. The second-order valence-corrected chi connectivity index (χ2v) is 12.2. The summed E-state index contributed by atoms with van der Waals surface area (Å²) >= 11 is 0. The van der Waals surface area contributed by atoms with E-state index in [4.69, 9.17) is 9.26 Å². The Labute approximate surface area is 239 Å². The lowest BCUT2D eigenvalue weighted by Crippen LogP contribution is -2.50. The number of hydrogen-bond acceptors (Lipinski definition) is 8. The summed E-state index contributed by atoms with van der Waals surface area (Å²) in [6.07, 6.45) is -0.715. The quantitative estimate of drug-likeness (QED) is 0.363. The Hall–Kier alpha value is -3.94. The maximum atomic E-state index is 13.7. The zero-order valence-corrected chi connectivity index (χ0v) is 24.4. The molecule has 3 amide bonds. The molecule has 0 fully saturated rings. The molecule has 0 radical (unpaired) electrons. The summed E-state index contributed by atoms with van der Waals surface area (Å²) in [4.78, 5) is 28.3. The minimum Gasteiger partial charge on any atom is -0.486 e. The van der Waals surface area contributed by atoms with E-state index in [-0.39, 0.29) is 53.4 Å². The van der Waals surface area contributed by atoms with Crippen LogP contribution < -0.4 is 15.4 Å². The van der Waals surface area contributed by atoms with E-state index >= 15 is 0 Å². The summed E-state index contributed by atoms with van der Waals surface area (Å²) in [6.45, 7) is 6.85. The number of aromatic nitrogens is 1. The van der Waals surface area contributed by atoms with E-state index in [1.807, 2.05) is 6.92 Å². The number of aliphatic hydroxyl groups is 1. The first kappa shape index (κ1) is 30.0. The Morgan fingerprint density at radius 2 is 1.88 bits per heavy atom. The zero-order chi connectivity index (χ0) is 29.9. The Morgan fingerprint density at radius 3 is 2.51 bits per heavy atom. The van der Waals surface area contributed by atoms with E-state index in [2.05, 4.69) is 15.8 Å². The second-order valence-electron chi connectivity index (χ2n) is 10.2. The number of urea groups is 1. The molecular formula is C28H35N5O7S. The van der Waals surface area contributed by atoms with E-state index in [1.165, 1.54) is 23.5 Å². The predicted molar refractivity (Wildman–Crippen MR) is 152 cm³/mol. The minimum absolute atomic E-state index is 0.0347. The van der Waals surface area contributed by atoms with Gasteiger partial charge in [0.15, 0.2) is 11.5 Å². The normalized spacial score (nSPS) is 18.2. The topological polar surface area (TPSA) is 154 Å². The summed E-state index contributed by atoms with van der Waals surface area (Å²) in [5.74, 6) is -0.202. The number of ether oxygens (including phenoxy) is 1. The number of para-hydroxylation sites is 1. The average Bonchev–Trinajstić information content (AvgIpc) is 3.27. The number of aryl methyl sites for hydroxylation is 2. The molecule has 0 saturated carbocycles. The van der Waals surface area contributed by atoms with Crippen molar-refractivity contribution in [3.05, 3.63) is 65.5 Å². The van der Waals surface area contributed by atoms with Gasteiger partial charge in [-0.1, -0.05) is 36.3 Å². The van der Waals surface area contributed by atoms with Crippen LogP contribution in [0.5, 0.6) is 5.75 Å². The van der Waals surface area contributed by atoms with E-state index < -0.39 is 28.2 Å². The Balaban J connectivity index is 1.70. The molecule has 13 heteroatoms. The van der Waals surface area contributed by atoms with Crippen LogP contribution in [0, 0.1) is 19.8 Å². The third-order valence-corrected chi connectivity index (χ3v) is 8.94. The Morgan fingerprint density at radius 1 is 1.17 bits per heavy atom.